The second kappa shape index (κ2) is 2.78. The Morgan fingerprint density at radius 2 is 2.27 bits per heavy atom. The van der Waals surface area contributed by atoms with Gasteiger partial charge in [0.1, 0.15) is 0 Å². The van der Waals surface area contributed by atoms with Crippen LogP contribution in [0.25, 0.3) is 0 Å². The molecule has 1 aliphatic carbocycles. The molecule has 0 bridgehead atoms. The zero-order valence-corrected chi connectivity index (χ0v) is 7.12. The minimum Gasteiger partial charge on any atom is -0.358 e. The third kappa shape index (κ3) is 1.69. The summed E-state index contributed by atoms with van der Waals surface area (Å²) in [5.74, 6) is -2.32. The molecule has 0 aromatic carbocycles. The maximum absolute atomic E-state index is 9.10. The van der Waals surface area contributed by atoms with Crippen molar-refractivity contribution in [1.82, 2.24) is 0 Å². The van der Waals surface area contributed by atoms with Gasteiger partial charge in [0.15, 0.2) is 0 Å². The molecule has 0 aliphatic heterocycles. The molecule has 0 aromatic heterocycles. The maximum atomic E-state index is 9.10. The maximum Gasteiger partial charge on any atom is 0.216 e. The second-order valence-electron chi connectivity index (χ2n) is 2.25. The van der Waals surface area contributed by atoms with E-state index in [1.54, 1.807) is 0 Å². The van der Waals surface area contributed by atoms with Crippen molar-refractivity contribution in [3.05, 3.63) is 22.7 Å². The van der Waals surface area contributed by atoms with Crippen LogP contribution in [0.1, 0.15) is 0 Å². The van der Waals surface area contributed by atoms with E-state index in [4.69, 9.17) is 15.5 Å². The molecular weight excluding hydrogens is 210 g/mol. The van der Waals surface area contributed by atoms with E-state index >= 15 is 0 Å². The molecule has 58 valence electrons. The van der Waals surface area contributed by atoms with Gasteiger partial charge in [0.05, 0.1) is 16.5 Å². The summed E-state index contributed by atoms with van der Waals surface area (Å²) in [5.41, 5.74) is 0. The molecule has 4 heteroatoms. The first-order chi connectivity index (χ1) is 5.06. The lowest BCUT2D eigenvalue weighted by atomic mass is 10.0. The number of hydrogen-bond acceptors (Lipinski definition) is 3. The van der Waals surface area contributed by atoms with Crippen molar-refractivity contribution in [2.24, 2.45) is 5.92 Å². The zero-order chi connectivity index (χ0) is 8.48. The Kier molecular flexibility index (Phi) is 2.14. The fourth-order valence-corrected chi connectivity index (χ4v) is 1.15. The molecule has 0 amide bonds. The van der Waals surface area contributed by atoms with Gasteiger partial charge in [0.2, 0.25) is 5.79 Å². The molecule has 1 unspecified atom stereocenters. The van der Waals surface area contributed by atoms with E-state index < -0.39 is 5.79 Å². The summed E-state index contributed by atoms with van der Waals surface area (Å²) in [7, 11) is 0. The number of rotatable bonds is 0. The smallest absolute Gasteiger partial charge is 0.216 e. The average molecular weight is 216 g/mol. The van der Waals surface area contributed by atoms with Crippen molar-refractivity contribution >= 4 is 15.9 Å². The first-order valence-electron chi connectivity index (χ1n) is 2.98. The van der Waals surface area contributed by atoms with Gasteiger partial charge >= 0.3 is 0 Å². The minimum absolute atomic E-state index is 0.207. The summed E-state index contributed by atoms with van der Waals surface area (Å²) in [6, 6.07) is 1.96. The summed E-state index contributed by atoms with van der Waals surface area (Å²) >= 11 is 2.95. The normalized spacial score (nSPS) is 27.5. The Balaban J connectivity index is 2.91. The molecule has 1 atom stereocenters. The largest absolute Gasteiger partial charge is 0.358 e. The van der Waals surface area contributed by atoms with Crippen LogP contribution in [0.3, 0.4) is 0 Å². The van der Waals surface area contributed by atoms with Gasteiger partial charge in [0, 0.05) is 0 Å². The van der Waals surface area contributed by atoms with Crippen LogP contribution >= 0.6 is 15.9 Å². The Morgan fingerprint density at radius 3 is 2.73 bits per heavy atom. The third-order valence-electron chi connectivity index (χ3n) is 1.36. The zero-order valence-electron chi connectivity index (χ0n) is 5.53. The van der Waals surface area contributed by atoms with Gasteiger partial charge in [-0.3, -0.25) is 0 Å². The average Bonchev–Trinajstić information content (AvgIpc) is 1.95. The molecule has 2 N–H and O–H groups in total. The quantitative estimate of drug-likeness (QED) is 0.461. The van der Waals surface area contributed by atoms with E-state index in [-0.39, 0.29) is 10.4 Å². The first kappa shape index (κ1) is 8.47. The number of allylic oxidation sites excluding steroid dienone is 2. The highest BCUT2D eigenvalue weighted by Gasteiger charge is 2.27. The van der Waals surface area contributed by atoms with Gasteiger partial charge in [-0.1, -0.05) is 6.08 Å². The molecule has 0 aromatic rings. The third-order valence-corrected chi connectivity index (χ3v) is 2.21. The number of aliphatic hydroxyl groups is 2. The van der Waals surface area contributed by atoms with Crippen LogP contribution in [0.4, 0.5) is 0 Å². The molecule has 0 spiro atoms. The topological polar surface area (TPSA) is 64.2 Å². The van der Waals surface area contributed by atoms with Gasteiger partial charge in [0.25, 0.3) is 0 Å². The van der Waals surface area contributed by atoms with Crippen molar-refractivity contribution in [2.75, 3.05) is 0 Å². The predicted octanol–water partition coefficient (Wildman–Crippen LogP) is 0.656. The molecule has 1 aliphatic rings. The van der Waals surface area contributed by atoms with Gasteiger partial charge < -0.3 is 10.2 Å². The summed E-state index contributed by atoms with van der Waals surface area (Å²) in [6.07, 6.45) is 4.05. The van der Waals surface area contributed by atoms with Gasteiger partial charge in [-0.2, -0.15) is 5.26 Å². The standard InChI is InChI=1S/C7H6BrNO2/c8-6-3-5(4-9)1-2-7(6,10)11/h1-3,5,10-11H. The van der Waals surface area contributed by atoms with Crippen LogP contribution in [0, 0.1) is 17.2 Å². The van der Waals surface area contributed by atoms with Crippen molar-refractivity contribution < 1.29 is 10.2 Å². The fourth-order valence-electron chi connectivity index (χ4n) is 0.734. The van der Waals surface area contributed by atoms with Crippen LogP contribution < -0.4 is 0 Å². The van der Waals surface area contributed by atoms with Crippen molar-refractivity contribution in [3.63, 3.8) is 0 Å². The van der Waals surface area contributed by atoms with Crippen LogP contribution in [-0.4, -0.2) is 16.0 Å². The first-order valence-corrected chi connectivity index (χ1v) is 3.77. The van der Waals surface area contributed by atoms with Crippen LogP contribution in [0.15, 0.2) is 22.7 Å². The lowest BCUT2D eigenvalue weighted by Gasteiger charge is -2.20. The van der Waals surface area contributed by atoms with E-state index in [0.717, 1.165) is 0 Å². The van der Waals surface area contributed by atoms with Gasteiger partial charge in [-0.15, -0.1) is 0 Å². The molecule has 0 saturated heterocycles. The number of hydrogen-bond donors (Lipinski definition) is 2. The molecule has 0 fully saturated rings. The lowest BCUT2D eigenvalue weighted by molar-refractivity contribution is -0.0783. The fraction of sp³-hybridized carbons (Fsp3) is 0.286. The number of nitrogens with zero attached hydrogens (tertiary/aromatic N) is 1. The Labute approximate surface area is 72.4 Å². The van der Waals surface area contributed by atoms with E-state index in [1.165, 1.54) is 18.2 Å². The Hall–Kier alpha value is -0.630. The van der Waals surface area contributed by atoms with Crippen molar-refractivity contribution in [3.8, 4) is 6.07 Å². The van der Waals surface area contributed by atoms with E-state index in [9.17, 15) is 0 Å². The van der Waals surface area contributed by atoms with Gasteiger partial charge in [-0.05, 0) is 28.1 Å². The Bertz CT molecular complexity index is 262. The summed E-state index contributed by atoms with van der Waals surface area (Å²) < 4.78 is 0.207. The molecule has 0 radical (unpaired) electrons. The monoisotopic (exact) mass is 215 g/mol. The van der Waals surface area contributed by atoms with Crippen molar-refractivity contribution in [1.29, 1.82) is 5.26 Å². The SMILES string of the molecule is N#CC1C=CC(O)(O)C(Br)=C1. The highest BCUT2D eigenvalue weighted by molar-refractivity contribution is 9.11. The highest BCUT2D eigenvalue weighted by atomic mass is 79.9. The summed E-state index contributed by atoms with van der Waals surface area (Å²) in [5, 5.41) is 26.6. The second-order valence-corrected chi connectivity index (χ2v) is 3.11. The summed E-state index contributed by atoms with van der Waals surface area (Å²) in [4.78, 5) is 0. The van der Waals surface area contributed by atoms with E-state index in [0.29, 0.717) is 0 Å². The Morgan fingerprint density at radius 1 is 1.64 bits per heavy atom. The predicted molar refractivity (Wildman–Crippen MR) is 42.4 cm³/mol. The van der Waals surface area contributed by atoms with Crippen LogP contribution in [0.2, 0.25) is 0 Å². The van der Waals surface area contributed by atoms with Gasteiger partial charge in [-0.25, -0.2) is 0 Å². The molecule has 0 heterocycles. The van der Waals surface area contributed by atoms with Crippen LogP contribution in [-0.2, 0) is 0 Å². The van der Waals surface area contributed by atoms with Crippen LogP contribution in [0.5, 0.6) is 0 Å². The number of halogens is 1. The number of nitriles is 1. The molecule has 0 saturated carbocycles. The minimum atomic E-state index is -1.94. The molecule has 1 rings (SSSR count). The highest BCUT2D eigenvalue weighted by Crippen LogP contribution is 2.27. The van der Waals surface area contributed by atoms with E-state index in [2.05, 4.69) is 15.9 Å². The van der Waals surface area contributed by atoms with E-state index in [1.807, 2.05) is 6.07 Å². The summed E-state index contributed by atoms with van der Waals surface area (Å²) in [6.45, 7) is 0. The molecule has 3 nitrogen and oxygen atoms in total. The molecule has 11 heavy (non-hydrogen) atoms. The van der Waals surface area contributed by atoms with Crippen molar-refractivity contribution in [2.45, 2.75) is 5.79 Å². The molecular formula is C7H6BrNO2. The lowest BCUT2D eigenvalue weighted by Crippen LogP contribution is -2.27.